The lowest BCUT2D eigenvalue weighted by Gasteiger charge is -2.42. The molecule has 0 aromatic rings. The lowest BCUT2D eigenvalue weighted by molar-refractivity contribution is -0.225. The molecule has 122 valence electrons. The predicted octanol–water partition coefficient (Wildman–Crippen LogP) is 4.77. The molecule has 0 aliphatic carbocycles. The molecule has 0 saturated heterocycles. The molecule has 0 fully saturated rings. The molecule has 0 rings (SSSR count). The van der Waals surface area contributed by atoms with Gasteiger partial charge >= 0.3 is 13.8 Å². The van der Waals surface area contributed by atoms with E-state index in [4.69, 9.17) is 13.5 Å². The molecule has 0 aromatic heterocycles. The van der Waals surface area contributed by atoms with E-state index in [1.807, 2.05) is 0 Å². The van der Waals surface area contributed by atoms with E-state index in [1.165, 1.54) is 20.8 Å². The molecule has 0 N–H and O–H groups in total. The topological polar surface area (TPSA) is 44.8 Å². The molecule has 1 unspecified atom stereocenters. The van der Waals surface area contributed by atoms with Gasteiger partial charge < -0.3 is 13.5 Å². The Kier molecular flexibility index (Phi) is 6.96. The van der Waals surface area contributed by atoms with Gasteiger partial charge in [0.2, 0.25) is 0 Å². The van der Waals surface area contributed by atoms with E-state index in [9.17, 15) is 17.7 Å². The van der Waals surface area contributed by atoms with E-state index in [0.29, 0.717) is 0 Å². The maximum Gasteiger partial charge on any atom is 0.428 e. The van der Waals surface area contributed by atoms with Crippen molar-refractivity contribution in [2.24, 2.45) is 0 Å². The molecule has 0 aliphatic rings. The zero-order valence-corrected chi connectivity index (χ0v) is 14.7. The standard InChI is InChI=1S/C11H24F3O4PSi/c1-7-10(11(12,13)14,18-20(4,5)6)19(15,16-8-2)17-9-3/h7-9H2,1-6H3. The SMILES string of the molecule is CCOP(=O)(OCC)C(CC)(O[Si](C)(C)C)C(F)(F)F. The van der Waals surface area contributed by atoms with Crippen LogP contribution in [0.4, 0.5) is 13.2 Å². The summed E-state index contributed by atoms with van der Waals surface area (Å²) in [5.74, 6) is 0. The van der Waals surface area contributed by atoms with Crippen molar-refractivity contribution in [1.82, 2.24) is 0 Å². The summed E-state index contributed by atoms with van der Waals surface area (Å²) < 4.78 is 68.7. The van der Waals surface area contributed by atoms with Crippen LogP contribution in [0.25, 0.3) is 0 Å². The highest BCUT2D eigenvalue weighted by Crippen LogP contribution is 2.68. The molecule has 0 saturated carbocycles. The Bertz CT molecular complexity index is 347. The zero-order chi connectivity index (χ0) is 16.2. The summed E-state index contributed by atoms with van der Waals surface area (Å²) in [4.78, 5) is 0. The Morgan fingerprint density at radius 1 is 1.00 bits per heavy atom. The van der Waals surface area contributed by atoms with Crippen LogP contribution in [0, 0.1) is 0 Å². The number of rotatable bonds is 8. The fraction of sp³-hybridized carbons (Fsp3) is 1.00. The van der Waals surface area contributed by atoms with Crippen LogP contribution in [0.3, 0.4) is 0 Å². The van der Waals surface area contributed by atoms with Crippen LogP contribution in [0.15, 0.2) is 0 Å². The van der Waals surface area contributed by atoms with Gasteiger partial charge in [0.25, 0.3) is 5.34 Å². The molecule has 0 aliphatic heterocycles. The van der Waals surface area contributed by atoms with Gasteiger partial charge in [-0.25, -0.2) is 0 Å². The summed E-state index contributed by atoms with van der Waals surface area (Å²) in [6, 6.07) is 0. The molecule has 4 nitrogen and oxygen atoms in total. The molecule has 20 heavy (non-hydrogen) atoms. The second kappa shape index (κ2) is 6.92. The minimum absolute atomic E-state index is 0.149. The van der Waals surface area contributed by atoms with Gasteiger partial charge in [-0.1, -0.05) is 6.92 Å². The normalized spacial score (nSPS) is 17.1. The Morgan fingerprint density at radius 2 is 1.40 bits per heavy atom. The van der Waals surface area contributed by atoms with Crippen molar-refractivity contribution in [1.29, 1.82) is 0 Å². The molecular weight excluding hydrogens is 312 g/mol. The van der Waals surface area contributed by atoms with Crippen molar-refractivity contribution < 1.29 is 31.2 Å². The van der Waals surface area contributed by atoms with Crippen molar-refractivity contribution >= 4 is 15.9 Å². The van der Waals surface area contributed by atoms with Crippen LogP contribution in [-0.2, 0) is 18.0 Å². The second-order valence-electron chi connectivity index (χ2n) is 5.18. The minimum atomic E-state index is -4.85. The minimum Gasteiger partial charge on any atom is -0.395 e. The van der Waals surface area contributed by atoms with E-state index in [-0.39, 0.29) is 13.2 Å². The molecule has 0 amide bonds. The van der Waals surface area contributed by atoms with Crippen LogP contribution in [0.5, 0.6) is 0 Å². The van der Waals surface area contributed by atoms with Crippen molar-refractivity contribution in [2.45, 2.75) is 58.4 Å². The summed E-state index contributed by atoms with van der Waals surface area (Å²) in [6.45, 7) is 8.72. The van der Waals surface area contributed by atoms with Gasteiger partial charge in [-0.2, -0.15) is 13.2 Å². The van der Waals surface area contributed by atoms with Gasteiger partial charge in [-0.15, -0.1) is 0 Å². The Morgan fingerprint density at radius 3 is 1.60 bits per heavy atom. The number of hydrogen-bond donors (Lipinski definition) is 0. The van der Waals surface area contributed by atoms with Crippen LogP contribution < -0.4 is 0 Å². The van der Waals surface area contributed by atoms with Crippen LogP contribution in [-0.4, -0.2) is 33.0 Å². The lowest BCUT2D eigenvalue weighted by atomic mass is 10.2. The first-order chi connectivity index (χ1) is 8.89. The maximum atomic E-state index is 13.6. The van der Waals surface area contributed by atoms with Crippen LogP contribution in [0.1, 0.15) is 27.2 Å². The Balaban J connectivity index is 6.00. The van der Waals surface area contributed by atoms with Crippen molar-refractivity contribution in [3.05, 3.63) is 0 Å². The van der Waals surface area contributed by atoms with Gasteiger partial charge in [0.05, 0.1) is 13.2 Å². The summed E-state index contributed by atoms with van der Waals surface area (Å²) in [5.41, 5.74) is 0. The molecule has 0 spiro atoms. The molecule has 1 atom stereocenters. The smallest absolute Gasteiger partial charge is 0.395 e. The zero-order valence-electron chi connectivity index (χ0n) is 12.8. The molecule has 0 bridgehead atoms. The summed E-state index contributed by atoms with van der Waals surface area (Å²) in [7, 11) is -7.13. The van der Waals surface area contributed by atoms with Crippen LogP contribution >= 0.6 is 7.60 Å². The molecular formula is C11H24F3O4PSi. The van der Waals surface area contributed by atoms with Crippen LogP contribution in [0.2, 0.25) is 19.6 Å². The fourth-order valence-corrected chi connectivity index (χ4v) is 6.24. The Labute approximate surface area is 119 Å². The Hall–Kier alpha value is 0.117. The highest BCUT2D eigenvalue weighted by atomic mass is 31.2. The first kappa shape index (κ1) is 20.1. The molecule has 0 radical (unpaired) electrons. The van der Waals surface area contributed by atoms with Gasteiger partial charge in [0, 0.05) is 0 Å². The largest absolute Gasteiger partial charge is 0.428 e. The van der Waals surface area contributed by atoms with Crippen molar-refractivity contribution in [2.75, 3.05) is 13.2 Å². The maximum absolute atomic E-state index is 13.6. The number of hydrogen-bond acceptors (Lipinski definition) is 4. The number of halogens is 3. The van der Waals surface area contributed by atoms with E-state index >= 15 is 0 Å². The van der Waals surface area contributed by atoms with E-state index in [2.05, 4.69) is 0 Å². The fourth-order valence-electron chi connectivity index (χ4n) is 1.83. The highest BCUT2D eigenvalue weighted by Gasteiger charge is 2.69. The van der Waals surface area contributed by atoms with Gasteiger partial charge in [-0.05, 0) is 39.9 Å². The second-order valence-corrected chi connectivity index (χ2v) is 11.8. The summed E-state index contributed by atoms with van der Waals surface area (Å²) >= 11 is 0. The predicted molar refractivity (Wildman–Crippen MR) is 74.4 cm³/mol. The van der Waals surface area contributed by atoms with E-state index in [0.717, 1.165) is 0 Å². The summed E-state index contributed by atoms with van der Waals surface area (Å²) in [5, 5.41) is -2.91. The quantitative estimate of drug-likeness (QED) is 0.473. The highest BCUT2D eigenvalue weighted by molar-refractivity contribution is 7.55. The first-order valence-electron chi connectivity index (χ1n) is 6.55. The average Bonchev–Trinajstić information content (AvgIpc) is 2.23. The first-order valence-corrected chi connectivity index (χ1v) is 11.5. The van der Waals surface area contributed by atoms with E-state index in [1.54, 1.807) is 19.6 Å². The molecule has 0 aromatic carbocycles. The summed E-state index contributed by atoms with van der Waals surface area (Å²) in [6.07, 6.45) is -5.38. The van der Waals surface area contributed by atoms with Crippen molar-refractivity contribution in [3.63, 3.8) is 0 Å². The third-order valence-electron chi connectivity index (χ3n) is 2.44. The average molecular weight is 336 g/mol. The lowest BCUT2D eigenvalue weighted by Crippen LogP contribution is -2.53. The third-order valence-corrected chi connectivity index (χ3v) is 6.31. The number of alkyl halides is 3. The molecule has 9 heteroatoms. The van der Waals surface area contributed by atoms with E-state index < -0.39 is 33.9 Å². The monoisotopic (exact) mass is 336 g/mol. The van der Waals surface area contributed by atoms with Gasteiger partial charge in [-0.3, -0.25) is 4.57 Å². The molecule has 0 heterocycles. The van der Waals surface area contributed by atoms with Gasteiger partial charge in [0.15, 0.2) is 8.32 Å². The third kappa shape index (κ3) is 4.30. The van der Waals surface area contributed by atoms with Gasteiger partial charge in [0.1, 0.15) is 0 Å². The van der Waals surface area contributed by atoms with Crippen molar-refractivity contribution in [3.8, 4) is 0 Å².